The van der Waals surface area contributed by atoms with Crippen LogP contribution in [0.4, 0.5) is 18.9 Å². The van der Waals surface area contributed by atoms with E-state index in [2.05, 4.69) is 15.6 Å². The van der Waals surface area contributed by atoms with Crippen LogP contribution in [0.3, 0.4) is 0 Å². The average molecular weight is 417 g/mol. The number of anilines is 1. The van der Waals surface area contributed by atoms with Crippen LogP contribution in [0.2, 0.25) is 0 Å². The van der Waals surface area contributed by atoms with E-state index in [4.69, 9.17) is 22.1 Å². The molecule has 0 bridgehead atoms. The van der Waals surface area contributed by atoms with Crippen molar-refractivity contribution in [3.63, 3.8) is 0 Å². The number of amidine groups is 1. The smallest absolute Gasteiger partial charge is 0.271 e. The van der Waals surface area contributed by atoms with E-state index in [1.807, 2.05) is 0 Å². The molecule has 10 heteroatoms. The number of alkyl halides is 2. The highest BCUT2D eigenvalue weighted by molar-refractivity contribution is 6.29. The van der Waals surface area contributed by atoms with Crippen LogP contribution in [-0.4, -0.2) is 38.4 Å². The van der Waals surface area contributed by atoms with E-state index in [-0.39, 0.29) is 23.8 Å². The van der Waals surface area contributed by atoms with Gasteiger partial charge in [-0.2, -0.15) is 0 Å². The topological polar surface area (TPSA) is 88.7 Å². The van der Waals surface area contributed by atoms with Gasteiger partial charge in [0.05, 0.1) is 6.61 Å². The number of nitrogens with one attached hydrogen (secondary N) is 2. The van der Waals surface area contributed by atoms with Crippen molar-refractivity contribution in [2.24, 2.45) is 10.7 Å². The Hall–Kier alpha value is -2.52. The summed E-state index contributed by atoms with van der Waals surface area (Å²) >= 11 is 5.73. The molecule has 1 aliphatic heterocycles. The number of benzene rings is 1. The minimum Gasteiger partial charge on any atom is -0.385 e. The van der Waals surface area contributed by atoms with Crippen molar-refractivity contribution in [1.29, 1.82) is 0 Å². The summed E-state index contributed by atoms with van der Waals surface area (Å²) in [6.07, 6.45) is -0.120. The maximum Gasteiger partial charge on any atom is 0.271 e. The maximum atomic E-state index is 14.4. The maximum absolute atomic E-state index is 14.4. The second kappa shape index (κ2) is 9.11. The van der Waals surface area contributed by atoms with Crippen LogP contribution in [0.1, 0.15) is 12.5 Å². The van der Waals surface area contributed by atoms with Gasteiger partial charge < -0.3 is 21.1 Å². The quantitative estimate of drug-likeness (QED) is 0.491. The summed E-state index contributed by atoms with van der Waals surface area (Å²) in [7, 11) is 1.53. The number of aliphatic imine (C=N–C) groups is 1. The van der Waals surface area contributed by atoms with Gasteiger partial charge in [0.15, 0.2) is 5.54 Å². The molecule has 1 aromatic rings. The molecule has 0 saturated carbocycles. The van der Waals surface area contributed by atoms with Crippen molar-refractivity contribution in [2.75, 3.05) is 25.6 Å². The molecule has 1 amide bonds. The molecular weight excluding hydrogens is 397 g/mol. The Morgan fingerprint density at radius 3 is 2.71 bits per heavy atom. The van der Waals surface area contributed by atoms with Crippen molar-refractivity contribution < 1.29 is 22.7 Å². The van der Waals surface area contributed by atoms with Gasteiger partial charge in [0, 0.05) is 23.3 Å². The summed E-state index contributed by atoms with van der Waals surface area (Å²) in [6, 6.07) is 3.32. The third kappa shape index (κ3) is 4.85. The highest BCUT2D eigenvalue weighted by atomic mass is 35.5. The van der Waals surface area contributed by atoms with Crippen LogP contribution < -0.4 is 16.4 Å². The predicted octanol–water partition coefficient (Wildman–Crippen LogP) is 2.86. The summed E-state index contributed by atoms with van der Waals surface area (Å²) < 4.78 is 47.1. The van der Waals surface area contributed by atoms with Gasteiger partial charge in [-0.05, 0) is 37.3 Å². The minimum absolute atomic E-state index is 0.105. The first-order chi connectivity index (χ1) is 13.2. The largest absolute Gasteiger partial charge is 0.385 e. The fourth-order valence-electron chi connectivity index (χ4n) is 2.60. The number of hydrogen-bond acceptors (Lipinski definition) is 5. The Labute approximate surface area is 165 Å². The van der Waals surface area contributed by atoms with Crippen molar-refractivity contribution in [1.82, 2.24) is 5.32 Å². The number of halogens is 4. The fourth-order valence-corrected chi connectivity index (χ4v) is 2.67. The first-order valence-electron chi connectivity index (χ1n) is 8.23. The van der Waals surface area contributed by atoms with Crippen LogP contribution in [0.15, 0.2) is 46.1 Å². The monoisotopic (exact) mass is 416 g/mol. The first-order valence-corrected chi connectivity index (χ1v) is 8.60. The molecule has 1 heterocycles. The Bertz CT molecular complexity index is 838. The molecule has 0 saturated heterocycles. The second-order valence-corrected chi connectivity index (χ2v) is 6.65. The lowest BCUT2D eigenvalue weighted by Crippen LogP contribution is -2.45. The van der Waals surface area contributed by atoms with Crippen LogP contribution in [0, 0.1) is 5.82 Å². The van der Waals surface area contributed by atoms with Gasteiger partial charge in [-0.15, -0.1) is 0 Å². The van der Waals surface area contributed by atoms with Crippen molar-refractivity contribution >= 4 is 29.0 Å². The molecule has 6 nitrogen and oxygen atoms in total. The van der Waals surface area contributed by atoms with Gasteiger partial charge in [0.2, 0.25) is 0 Å². The number of carbonyl (C=O) groups excluding carboxylic acids is 1. The Kier molecular flexibility index (Phi) is 7.09. The van der Waals surface area contributed by atoms with Crippen molar-refractivity contribution in [2.45, 2.75) is 18.9 Å². The molecule has 0 aromatic heterocycles. The van der Waals surface area contributed by atoms with Crippen molar-refractivity contribution in [3.05, 3.63) is 52.5 Å². The van der Waals surface area contributed by atoms with Gasteiger partial charge in [-0.25, -0.2) is 13.2 Å². The van der Waals surface area contributed by atoms with E-state index < -0.39 is 35.9 Å². The Morgan fingerprint density at radius 2 is 2.14 bits per heavy atom. The zero-order valence-electron chi connectivity index (χ0n) is 15.2. The molecule has 4 N–H and O–H groups in total. The van der Waals surface area contributed by atoms with E-state index in [1.54, 1.807) is 6.92 Å². The molecule has 1 aliphatic rings. The summed E-state index contributed by atoms with van der Waals surface area (Å²) in [4.78, 5) is 16.2. The normalized spacial score (nSPS) is 20.8. The fraction of sp³-hybridized carbons (Fsp3) is 0.333. The van der Waals surface area contributed by atoms with Crippen LogP contribution in [0.5, 0.6) is 0 Å². The predicted molar refractivity (Wildman–Crippen MR) is 102 cm³/mol. The molecule has 2 rings (SSSR count). The molecular formula is C18H20ClF3N4O2. The lowest BCUT2D eigenvalue weighted by Gasteiger charge is -2.33. The number of likely N-dealkylation sites (N-methyl/N-ethyl adjacent to an activating group) is 1. The number of nitrogens with two attached hydrogens (primary N) is 1. The molecule has 1 atom stereocenters. The van der Waals surface area contributed by atoms with E-state index in [0.717, 1.165) is 12.1 Å². The number of allylic oxidation sites excluding steroid dienone is 3. The van der Waals surface area contributed by atoms with E-state index in [9.17, 15) is 18.0 Å². The van der Waals surface area contributed by atoms with Gasteiger partial charge in [-0.1, -0.05) is 11.6 Å². The highest BCUT2D eigenvalue weighted by Crippen LogP contribution is 2.37. The third-order valence-corrected chi connectivity index (χ3v) is 4.09. The number of amides is 1. The summed E-state index contributed by atoms with van der Waals surface area (Å²) in [6.45, 7) is 0.981. The molecule has 152 valence electrons. The van der Waals surface area contributed by atoms with Gasteiger partial charge in [0.1, 0.15) is 24.0 Å². The average Bonchev–Trinajstić information content (AvgIpc) is 2.63. The number of rotatable bonds is 6. The van der Waals surface area contributed by atoms with Crippen LogP contribution >= 0.6 is 11.6 Å². The van der Waals surface area contributed by atoms with E-state index >= 15 is 0 Å². The molecule has 0 radical (unpaired) electrons. The van der Waals surface area contributed by atoms with Gasteiger partial charge >= 0.3 is 0 Å². The minimum atomic E-state index is -3.07. The van der Waals surface area contributed by atoms with Gasteiger partial charge in [-0.3, -0.25) is 9.79 Å². The number of ether oxygens (including phenoxy) is 1. The highest BCUT2D eigenvalue weighted by Gasteiger charge is 2.46. The summed E-state index contributed by atoms with van der Waals surface area (Å²) in [5.41, 5.74) is 3.10. The zero-order chi connectivity index (χ0) is 20.9. The molecule has 0 aliphatic carbocycles. The first kappa shape index (κ1) is 21.8. The zero-order valence-corrected chi connectivity index (χ0v) is 16.0. The van der Waals surface area contributed by atoms with Crippen molar-refractivity contribution in [3.8, 4) is 0 Å². The second-order valence-electron chi connectivity index (χ2n) is 6.05. The molecule has 0 spiro atoms. The van der Waals surface area contributed by atoms with Gasteiger partial charge in [0.25, 0.3) is 12.3 Å². The molecule has 28 heavy (non-hydrogen) atoms. The number of nitrogens with zero attached hydrogens (tertiary/aromatic N) is 1. The Balaban J connectivity index is 2.40. The number of hydrogen-bond donors (Lipinski definition) is 3. The van der Waals surface area contributed by atoms with E-state index in [0.29, 0.717) is 5.03 Å². The lowest BCUT2D eigenvalue weighted by molar-refractivity contribution is -0.113. The van der Waals surface area contributed by atoms with Crippen LogP contribution in [-0.2, 0) is 15.1 Å². The molecule has 0 fully saturated rings. The standard InChI is InChI=1S/C18H20ClF3N4O2/c1-10(19)3-6-14(24-2)16(27)25-11-4-5-13(20)12(7-11)18(17(21)22)9-28-8-15(23)26-18/h3-7,17,24H,8-9H2,1-2H3,(H2,23,26)(H,25,27)/b10-3+,14-6-. The summed E-state index contributed by atoms with van der Waals surface area (Å²) in [5.74, 6) is -1.64. The van der Waals surface area contributed by atoms with E-state index in [1.165, 1.54) is 25.3 Å². The molecule has 1 aromatic carbocycles. The lowest BCUT2D eigenvalue weighted by atomic mass is 9.90. The summed E-state index contributed by atoms with van der Waals surface area (Å²) in [5, 5.41) is 5.66. The molecule has 1 unspecified atom stereocenters. The Morgan fingerprint density at radius 1 is 1.43 bits per heavy atom. The number of carbonyl (C=O) groups is 1. The third-order valence-electron chi connectivity index (χ3n) is 3.96. The SMILES string of the molecule is CN/C(=C\C=C(/C)Cl)C(=O)Nc1ccc(F)c(C2(C(F)F)COCC(N)=N2)c1. The van der Waals surface area contributed by atoms with Crippen LogP contribution in [0.25, 0.3) is 0 Å².